The molecule has 0 aliphatic heterocycles. The second-order valence-corrected chi connectivity index (χ2v) is 3.47. The van der Waals surface area contributed by atoms with Crippen molar-refractivity contribution in [2.24, 2.45) is 5.84 Å². The molecule has 15 heavy (non-hydrogen) atoms. The zero-order chi connectivity index (χ0) is 10.8. The third kappa shape index (κ3) is 1.82. The fraction of sp³-hybridized carbons (Fsp3) is 0.375. The van der Waals surface area contributed by atoms with Crippen molar-refractivity contribution in [3.63, 3.8) is 0 Å². The smallest absolute Gasteiger partial charge is 0.241 e. The van der Waals surface area contributed by atoms with Crippen LogP contribution in [0.1, 0.15) is 13.8 Å². The van der Waals surface area contributed by atoms with E-state index in [1.165, 1.54) is 0 Å². The summed E-state index contributed by atoms with van der Waals surface area (Å²) in [4.78, 5) is 8.33. The molecule has 0 saturated heterocycles. The van der Waals surface area contributed by atoms with Crippen LogP contribution in [0.3, 0.4) is 0 Å². The number of H-pyrrole nitrogens is 1. The molecule has 0 atom stereocenters. The number of hydrazine groups is 1. The van der Waals surface area contributed by atoms with Crippen LogP contribution in [0.5, 0.6) is 0 Å². The summed E-state index contributed by atoms with van der Waals surface area (Å²) in [6.07, 6.45) is 1.68. The molecule has 2 heterocycles. The molecule has 0 bridgehead atoms. The molecule has 2 aromatic heterocycles. The van der Waals surface area contributed by atoms with Crippen molar-refractivity contribution in [1.29, 1.82) is 0 Å². The number of aromatic amines is 1. The number of nitrogens with zero attached hydrogens (tertiary/aromatic N) is 3. The van der Waals surface area contributed by atoms with Crippen LogP contribution in [0.25, 0.3) is 11.0 Å². The first kappa shape index (κ1) is 9.66. The minimum absolute atomic E-state index is 0.281. The largest absolute Gasteiger partial charge is 0.367 e. The van der Waals surface area contributed by atoms with Gasteiger partial charge in [-0.2, -0.15) is 15.1 Å². The van der Waals surface area contributed by atoms with Crippen LogP contribution in [-0.2, 0) is 0 Å². The standard InChI is InChI=1S/C8H13N7/c1-4(2)11-6-5-3-10-15-7(5)13-8(12-6)14-9/h3-4H,9H2,1-2H3,(H3,10,11,12,13,14,15). The highest BCUT2D eigenvalue weighted by Crippen LogP contribution is 2.19. The average Bonchev–Trinajstić information content (AvgIpc) is 2.64. The first-order valence-corrected chi connectivity index (χ1v) is 4.65. The van der Waals surface area contributed by atoms with Crippen LogP contribution in [-0.4, -0.2) is 26.2 Å². The van der Waals surface area contributed by atoms with Gasteiger partial charge in [-0.25, -0.2) is 5.84 Å². The van der Waals surface area contributed by atoms with Crippen LogP contribution in [0.4, 0.5) is 11.8 Å². The summed E-state index contributed by atoms with van der Waals surface area (Å²) in [5.74, 6) is 6.35. The van der Waals surface area contributed by atoms with Crippen molar-refractivity contribution >= 4 is 22.8 Å². The Labute approximate surface area is 86.5 Å². The molecule has 7 heteroatoms. The van der Waals surface area contributed by atoms with Gasteiger partial charge < -0.3 is 5.32 Å². The fourth-order valence-corrected chi connectivity index (χ4v) is 1.28. The van der Waals surface area contributed by atoms with Gasteiger partial charge in [-0.3, -0.25) is 10.5 Å². The van der Waals surface area contributed by atoms with Crippen LogP contribution < -0.4 is 16.6 Å². The topological polar surface area (TPSA) is 105 Å². The highest BCUT2D eigenvalue weighted by molar-refractivity contribution is 5.86. The highest BCUT2D eigenvalue weighted by Gasteiger charge is 2.09. The van der Waals surface area contributed by atoms with E-state index in [2.05, 4.69) is 30.9 Å². The lowest BCUT2D eigenvalue weighted by molar-refractivity contribution is 0.890. The van der Waals surface area contributed by atoms with Gasteiger partial charge in [0.05, 0.1) is 11.6 Å². The van der Waals surface area contributed by atoms with Gasteiger partial charge >= 0.3 is 0 Å². The van der Waals surface area contributed by atoms with E-state index < -0.39 is 0 Å². The minimum Gasteiger partial charge on any atom is -0.367 e. The van der Waals surface area contributed by atoms with Gasteiger partial charge in [-0.1, -0.05) is 0 Å². The monoisotopic (exact) mass is 207 g/mol. The lowest BCUT2D eigenvalue weighted by Gasteiger charge is -2.10. The van der Waals surface area contributed by atoms with E-state index in [0.29, 0.717) is 11.6 Å². The van der Waals surface area contributed by atoms with E-state index in [1.54, 1.807) is 6.20 Å². The molecular weight excluding hydrogens is 194 g/mol. The van der Waals surface area contributed by atoms with E-state index >= 15 is 0 Å². The maximum Gasteiger partial charge on any atom is 0.241 e. The number of hydrogen-bond donors (Lipinski definition) is 4. The lowest BCUT2D eigenvalue weighted by Crippen LogP contribution is -2.15. The second-order valence-electron chi connectivity index (χ2n) is 3.47. The Kier molecular flexibility index (Phi) is 2.38. The van der Waals surface area contributed by atoms with Crippen molar-refractivity contribution in [3.05, 3.63) is 6.20 Å². The number of anilines is 2. The van der Waals surface area contributed by atoms with Gasteiger partial charge in [0.15, 0.2) is 5.65 Å². The molecule has 0 aliphatic carbocycles. The van der Waals surface area contributed by atoms with Crippen molar-refractivity contribution in [2.45, 2.75) is 19.9 Å². The molecule has 0 amide bonds. The van der Waals surface area contributed by atoms with Crippen molar-refractivity contribution in [3.8, 4) is 0 Å². The van der Waals surface area contributed by atoms with Gasteiger partial charge in [-0.15, -0.1) is 0 Å². The van der Waals surface area contributed by atoms with Gasteiger partial charge in [-0.05, 0) is 13.8 Å². The number of fused-ring (bicyclic) bond motifs is 1. The van der Waals surface area contributed by atoms with Crippen LogP contribution in [0.15, 0.2) is 6.20 Å². The quantitative estimate of drug-likeness (QED) is 0.430. The number of aromatic nitrogens is 4. The molecule has 0 spiro atoms. The Bertz CT molecular complexity index is 461. The fourth-order valence-electron chi connectivity index (χ4n) is 1.28. The van der Waals surface area contributed by atoms with E-state index in [9.17, 15) is 0 Å². The molecule has 0 saturated carbocycles. The summed E-state index contributed by atoms with van der Waals surface area (Å²) in [5, 5.41) is 10.7. The number of nitrogens with one attached hydrogen (secondary N) is 3. The maximum atomic E-state index is 5.27. The van der Waals surface area contributed by atoms with Crippen molar-refractivity contribution < 1.29 is 0 Å². The number of nitrogen functional groups attached to an aromatic ring is 1. The van der Waals surface area contributed by atoms with Crippen molar-refractivity contribution in [2.75, 3.05) is 10.7 Å². The molecule has 2 rings (SSSR count). The van der Waals surface area contributed by atoms with E-state index in [4.69, 9.17) is 5.84 Å². The lowest BCUT2D eigenvalue weighted by atomic mass is 10.3. The zero-order valence-electron chi connectivity index (χ0n) is 8.57. The average molecular weight is 207 g/mol. The Morgan fingerprint density at radius 1 is 1.40 bits per heavy atom. The third-order valence-electron chi connectivity index (χ3n) is 1.86. The summed E-state index contributed by atoms with van der Waals surface area (Å²) in [6, 6.07) is 0.281. The summed E-state index contributed by atoms with van der Waals surface area (Å²) in [5.41, 5.74) is 3.07. The predicted octanol–water partition coefficient (Wildman–Crippen LogP) is 0.459. The van der Waals surface area contributed by atoms with Gasteiger partial charge in [0, 0.05) is 6.04 Å². The SMILES string of the molecule is CC(C)Nc1nc(NN)nc2[nH]ncc12. The van der Waals surface area contributed by atoms with Gasteiger partial charge in [0.2, 0.25) is 5.95 Å². The maximum absolute atomic E-state index is 5.27. The normalized spacial score (nSPS) is 10.9. The number of nitrogens with two attached hydrogens (primary N) is 1. The zero-order valence-corrected chi connectivity index (χ0v) is 8.57. The highest BCUT2D eigenvalue weighted by atomic mass is 15.3. The van der Waals surface area contributed by atoms with E-state index in [0.717, 1.165) is 11.2 Å². The second kappa shape index (κ2) is 3.70. The molecule has 0 radical (unpaired) electrons. The molecular formula is C8H13N7. The Morgan fingerprint density at radius 2 is 2.20 bits per heavy atom. The van der Waals surface area contributed by atoms with Crippen LogP contribution >= 0.6 is 0 Å². The summed E-state index contributed by atoms with van der Waals surface area (Å²) >= 11 is 0. The number of rotatable bonds is 3. The molecule has 0 aromatic carbocycles. The molecule has 5 N–H and O–H groups in total. The Balaban J connectivity index is 2.53. The molecule has 80 valence electrons. The molecule has 0 aliphatic rings. The first-order chi connectivity index (χ1) is 7.20. The predicted molar refractivity (Wildman–Crippen MR) is 58.3 cm³/mol. The Hall–Kier alpha value is -1.89. The summed E-state index contributed by atoms with van der Waals surface area (Å²) in [6.45, 7) is 4.06. The van der Waals surface area contributed by atoms with Crippen molar-refractivity contribution in [1.82, 2.24) is 20.2 Å². The van der Waals surface area contributed by atoms with Gasteiger partial charge in [0.25, 0.3) is 0 Å². The van der Waals surface area contributed by atoms with Gasteiger partial charge in [0.1, 0.15) is 5.82 Å². The summed E-state index contributed by atoms with van der Waals surface area (Å²) in [7, 11) is 0. The third-order valence-corrected chi connectivity index (χ3v) is 1.86. The molecule has 0 fully saturated rings. The van der Waals surface area contributed by atoms with E-state index in [-0.39, 0.29) is 6.04 Å². The van der Waals surface area contributed by atoms with Crippen LogP contribution in [0, 0.1) is 0 Å². The minimum atomic E-state index is 0.281. The van der Waals surface area contributed by atoms with E-state index in [1.807, 2.05) is 13.8 Å². The molecule has 0 unspecified atom stereocenters. The number of hydrogen-bond acceptors (Lipinski definition) is 6. The first-order valence-electron chi connectivity index (χ1n) is 4.65. The van der Waals surface area contributed by atoms with Crippen LogP contribution in [0.2, 0.25) is 0 Å². The summed E-state index contributed by atoms with van der Waals surface area (Å²) < 4.78 is 0. The molecule has 2 aromatic rings. The Morgan fingerprint density at radius 3 is 2.87 bits per heavy atom. The molecule has 7 nitrogen and oxygen atoms in total.